The maximum absolute atomic E-state index is 12.4. The number of anilines is 1. The normalized spacial score (nSPS) is 11.7. The summed E-state index contributed by atoms with van der Waals surface area (Å²) < 4.78 is 12.9. The summed E-state index contributed by atoms with van der Waals surface area (Å²) in [6, 6.07) is 8.80. The van der Waals surface area contributed by atoms with Gasteiger partial charge in [-0.2, -0.15) is 0 Å². The van der Waals surface area contributed by atoms with Gasteiger partial charge < -0.3 is 14.8 Å². The number of aromatic nitrogens is 4. The van der Waals surface area contributed by atoms with Gasteiger partial charge in [0, 0.05) is 18.5 Å². The first-order valence-corrected chi connectivity index (χ1v) is 8.59. The van der Waals surface area contributed by atoms with Gasteiger partial charge in [0.05, 0.1) is 6.61 Å². The highest BCUT2D eigenvalue weighted by atomic mass is 16.5. The van der Waals surface area contributed by atoms with E-state index in [1.807, 2.05) is 13.8 Å². The predicted molar refractivity (Wildman–Crippen MR) is 100 cm³/mol. The fourth-order valence-corrected chi connectivity index (χ4v) is 2.43. The zero-order valence-electron chi connectivity index (χ0n) is 15.4. The first kappa shape index (κ1) is 18.4. The van der Waals surface area contributed by atoms with Crippen LogP contribution >= 0.6 is 0 Å². The molecule has 0 fully saturated rings. The summed E-state index contributed by atoms with van der Waals surface area (Å²) in [7, 11) is 0. The number of amides is 1. The van der Waals surface area contributed by atoms with Gasteiger partial charge >= 0.3 is 0 Å². The highest BCUT2D eigenvalue weighted by Crippen LogP contribution is 2.19. The summed E-state index contributed by atoms with van der Waals surface area (Å²) in [5.74, 6) is 2.83. The van der Waals surface area contributed by atoms with Crippen molar-refractivity contribution in [1.82, 2.24) is 19.5 Å². The molecular weight excluding hydrogens is 346 g/mol. The van der Waals surface area contributed by atoms with Gasteiger partial charge in [0.2, 0.25) is 0 Å². The second-order valence-electron chi connectivity index (χ2n) is 5.76. The summed E-state index contributed by atoms with van der Waals surface area (Å²) in [6.07, 6.45) is 4.17. The summed E-state index contributed by atoms with van der Waals surface area (Å²) in [5, 5.41) is 2.74. The van der Waals surface area contributed by atoms with Gasteiger partial charge in [-0.15, -0.1) is 0 Å². The molecule has 0 spiro atoms. The first-order chi connectivity index (χ1) is 13.1. The van der Waals surface area contributed by atoms with E-state index in [2.05, 4.69) is 20.3 Å². The van der Waals surface area contributed by atoms with Crippen LogP contribution in [0.15, 0.2) is 49.1 Å². The van der Waals surface area contributed by atoms with Gasteiger partial charge in [0.1, 0.15) is 35.3 Å². The Morgan fingerprint density at radius 1 is 1.19 bits per heavy atom. The lowest BCUT2D eigenvalue weighted by Gasteiger charge is -2.15. The maximum atomic E-state index is 12.4. The molecule has 0 saturated heterocycles. The van der Waals surface area contributed by atoms with Crippen molar-refractivity contribution < 1.29 is 14.3 Å². The monoisotopic (exact) mass is 367 g/mol. The molecule has 8 heteroatoms. The van der Waals surface area contributed by atoms with E-state index in [1.54, 1.807) is 54.2 Å². The van der Waals surface area contributed by atoms with Gasteiger partial charge in [-0.1, -0.05) is 0 Å². The zero-order valence-corrected chi connectivity index (χ0v) is 15.4. The maximum Gasteiger partial charge on any atom is 0.266 e. The van der Waals surface area contributed by atoms with Crippen LogP contribution in [0.25, 0.3) is 5.82 Å². The molecule has 3 aromatic rings. The van der Waals surface area contributed by atoms with Crippen molar-refractivity contribution in [2.24, 2.45) is 0 Å². The van der Waals surface area contributed by atoms with Crippen molar-refractivity contribution in [3.05, 3.63) is 54.9 Å². The fraction of sp³-hybridized carbons (Fsp3) is 0.263. The van der Waals surface area contributed by atoms with Crippen LogP contribution < -0.4 is 14.8 Å². The average molecular weight is 367 g/mol. The third-order valence-electron chi connectivity index (χ3n) is 3.79. The molecule has 0 bridgehead atoms. The largest absolute Gasteiger partial charge is 0.494 e. The van der Waals surface area contributed by atoms with Gasteiger partial charge in [0.15, 0.2) is 6.10 Å². The Hall–Kier alpha value is -3.42. The van der Waals surface area contributed by atoms with E-state index in [-0.39, 0.29) is 5.91 Å². The standard InChI is InChI=1S/C19H21N5O3/c1-4-26-15-5-7-16(8-6-15)27-13(2)19(25)23-17-11-18(22-12-21-17)24-10-9-20-14(24)3/h5-13H,4H2,1-3H3,(H,21,22,23,25). The molecule has 1 unspecified atom stereocenters. The number of rotatable bonds is 7. The predicted octanol–water partition coefficient (Wildman–Crippen LogP) is 2.78. The van der Waals surface area contributed by atoms with Gasteiger partial charge in [0.25, 0.3) is 5.91 Å². The van der Waals surface area contributed by atoms with E-state index >= 15 is 0 Å². The second-order valence-corrected chi connectivity index (χ2v) is 5.76. The van der Waals surface area contributed by atoms with E-state index in [1.165, 1.54) is 6.33 Å². The molecule has 2 heterocycles. The van der Waals surface area contributed by atoms with Crippen LogP contribution in [-0.2, 0) is 4.79 Å². The average Bonchev–Trinajstić information content (AvgIpc) is 3.10. The number of ether oxygens (including phenoxy) is 2. The Morgan fingerprint density at radius 2 is 1.93 bits per heavy atom. The molecule has 140 valence electrons. The molecule has 0 radical (unpaired) electrons. The SMILES string of the molecule is CCOc1ccc(OC(C)C(=O)Nc2cc(-n3ccnc3C)ncn2)cc1. The highest BCUT2D eigenvalue weighted by Gasteiger charge is 2.16. The smallest absolute Gasteiger partial charge is 0.266 e. The topological polar surface area (TPSA) is 91.2 Å². The molecule has 1 amide bonds. The Morgan fingerprint density at radius 3 is 2.59 bits per heavy atom. The molecule has 2 aromatic heterocycles. The highest BCUT2D eigenvalue weighted by molar-refractivity contribution is 5.93. The van der Waals surface area contributed by atoms with Crippen molar-refractivity contribution in [1.29, 1.82) is 0 Å². The van der Waals surface area contributed by atoms with E-state index in [0.29, 0.717) is 24.0 Å². The summed E-state index contributed by atoms with van der Waals surface area (Å²) in [5.41, 5.74) is 0. The fourth-order valence-electron chi connectivity index (χ4n) is 2.43. The molecule has 0 aliphatic rings. The van der Waals surface area contributed by atoms with Crippen LogP contribution in [0.3, 0.4) is 0 Å². The summed E-state index contributed by atoms with van der Waals surface area (Å²) in [4.78, 5) is 24.9. The van der Waals surface area contributed by atoms with E-state index < -0.39 is 6.10 Å². The van der Waals surface area contributed by atoms with Gasteiger partial charge in [-0.3, -0.25) is 9.36 Å². The lowest BCUT2D eigenvalue weighted by molar-refractivity contribution is -0.122. The van der Waals surface area contributed by atoms with Crippen LogP contribution in [0.2, 0.25) is 0 Å². The van der Waals surface area contributed by atoms with Crippen molar-refractivity contribution in [3.8, 4) is 17.3 Å². The molecule has 1 atom stereocenters. The molecule has 1 N–H and O–H groups in total. The summed E-state index contributed by atoms with van der Waals surface area (Å²) >= 11 is 0. The van der Waals surface area contributed by atoms with E-state index in [0.717, 1.165) is 11.6 Å². The number of hydrogen-bond donors (Lipinski definition) is 1. The molecule has 27 heavy (non-hydrogen) atoms. The third kappa shape index (κ3) is 4.60. The molecule has 0 saturated carbocycles. The second kappa shape index (κ2) is 8.31. The lowest BCUT2D eigenvalue weighted by atomic mass is 10.3. The number of hydrogen-bond acceptors (Lipinski definition) is 6. The number of nitrogens with zero attached hydrogens (tertiary/aromatic N) is 4. The van der Waals surface area contributed by atoms with Crippen LogP contribution in [0, 0.1) is 6.92 Å². The number of carbonyl (C=O) groups is 1. The third-order valence-corrected chi connectivity index (χ3v) is 3.79. The van der Waals surface area contributed by atoms with E-state index in [4.69, 9.17) is 9.47 Å². The minimum absolute atomic E-state index is 0.309. The minimum atomic E-state index is -0.698. The minimum Gasteiger partial charge on any atom is -0.494 e. The number of nitrogens with one attached hydrogen (secondary N) is 1. The molecule has 3 rings (SSSR count). The Bertz CT molecular complexity index is 908. The van der Waals surface area contributed by atoms with Crippen molar-refractivity contribution in [2.45, 2.75) is 26.9 Å². The number of aryl methyl sites for hydroxylation is 1. The molecule has 0 aliphatic carbocycles. The summed E-state index contributed by atoms with van der Waals surface area (Å²) in [6.45, 7) is 6.06. The molecule has 8 nitrogen and oxygen atoms in total. The number of imidazole rings is 1. The molecule has 0 aliphatic heterocycles. The van der Waals surface area contributed by atoms with E-state index in [9.17, 15) is 4.79 Å². The first-order valence-electron chi connectivity index (χ1n) is 8.59. The van der Waals surface area contributed by atoms with Gasteiger partial charge in [-0.05, 0) is 45.0 Å². The van der Waals surface area contributed by atoms with Crippen LogP contribution in [0.4, 0.5) is 5.82 Å². The van der Waals surface area contributed by atoms with Crippen molar-refractivity contribution >= 4 is 11.7 Å². The van der Waals surface area contributed by atoms with Crippen molar-refractivity contribution in [3.63, 3.8) is 0 Å². The van der Waals surface area contributed by atoms with Crippen LogP contribution in [-0.4, -0.2) is 38.1 Å². The Kier molecular flexibility index (Phi) is 5.65. The van der Waals surface area contributed by atoms with Crippen molar-refractivity contribution in [2.75, 3.05) is 11.9 Å². The molecular formula is C19H21N5O3. The zero-order chi connectivity index (χ0) is 19.2. The number of benzene rings is 1. The Balaban J connectivity index is 1.63. The van der Waals surface area contributed by atoms with Gasteiger partial charge in [-0.25, -0.2) is 15.0 Å². The number of carbonyl (C=O) groups excluding carboxylic acids is 1. The lowest BCUT2D eigenvalue weighted by Crippen LogP contribution is -2.30. The van der Waals surface area contributed by atoms with Crippen LogP contribution in [0.5, 0.6) is 11.5 Å². The molecule has 1 aromatic carbocycles. The van der Waals surface area contributed by atoms with Crippen LogP contribution in [0.1, 0.15) is 19.7 Å². The quantitative estimate of drug-likeness (QED) is 0.690. The Labute approximate surface area is 157 Å².